The van der Waals surface area contributed by atoms with Crippen LogP contribution in [0.5, 0.6) is 5.88 Å². The summed E-state index contributed by atoms with van der Waals surface area (Å²) in [7, 11) is 1.29. The van der Waals surface area contributed by atoms with Crippen molar-refractivity contribution in [1.29, 1.82) is 0 Å². The van der Waals surface area contributed by atoms with Gasteiger partial charge in [-0.2, -0.15) is 0 Å². The summed E-state index contributed by atoms with van der Waals surface area (Å²) in [6.07, 6.45) is 2.25. The number of aromatic nitrogens is 1. The van der Waals surface area contributed by atoms with Gasteiger partial charge < -0.3 is 19.5 Å². The molecule has 1 unspecified atom stereocenters. The third-order valence-corrected chi connectivity index (χ3v) is 3.75. The summed E-state index contributed by atoms with van der Waals surface area (Å²) in [5.41, 5.74) is 1.04. The number of carbonyl (C=O) groups is 2. The number of nitrogens with one attached hydrogen (secondary N) is 1. The maximum atomic E-state index is 12.5. The molecule has 2 aromatic rings. The van der Waals surface area contributed by atoms with Crippen LogP contribution < -0.4 is 10.1 Å². The second-order valence-corrected chi connectivity index (χ2v) is 5.48. The summed E-state index contributed by atoms with van der Waals surface area (Å²) < 4.78 is 15.7. The monoisotopic (exact) mass is 342 g/mol. The van der Waals surface area contributed by atoms with Gasteiger partial charge in [0.15, 0.2) is 0 Å². The Kier molecular flexibility index (Phi) is 5.25. The van der Waals surface area contributed by atoms with Crippen molar-refractivity contribution < 1.29 is 23.8 Å². The molecule has 0 saturated carbocycles. The van der Waals surface area contributed by atoms with Crippen molar-refractivity contribution in [3.05, 3.63) is 53.7 Å². The van der Waals surface area contributed by atoms with E-state index in [0.717, 1.165) is 6.42 Å². The lowest BCUT2D eigenvalue weighted by Gasteiger charge is -2.12. The number of ether oxygens (including phenoxy) is 3. The second kappa shape index (κ2) is 7.76. The highest BCUT2D eigenvalue weighted by molar-refractivity contribution is 6.08. The average molecular weight is 342 g/mol. The molecule has 0 radical (unpaired) electrons. The van der Waals surface area contributed by atoms with Gasteiger partial charge in [0.1, 0.15) is 6.10 Å². The van der Waals surface area contributed by atoms with E-state index in [2.05, 4.69) is 10.3 Å². The minimum atomic E-state index is -0.518. The summed E-state index contributed by atoms with van der Waals surface area (Å²) in [5, 5.41) is 2.72. The van der Waals surface area contributed by atoms with Crippen molar-refractivity contribution >= 4 is 17.6 Å². The van der Waals surface area contributed by atoms with E-state index in [1.807, 2.05) is 0 Å². The fourth-order valence-corrected chi connectivity index (χ4v) is 2.47. The fourth-order valence-electron chi connectivity index (χ4n) is 2.47. The topological polar surface area (TPSA) is 86.8 Å². The van der Waals surface area contributed by atoms with E-state index < -0.39 is 5.97 Å². The molecule has 1 aromatic carbocycles. The molecule has 1 aliphatic heterocycles. The van der Waals surface area contributed by atoms with Crippen molar-refractivity contribution in [2.75, 3.05) is 25.6 Å². The predicted octanol–water partition coefficient (Wildman–Crippen LogP) is 2.29. The number of anilines is 1. The normalized spacial score (nSPS) is 16.3. The van der Waals surface area contributed by atoms with Crippen molar-refractivity contribution in [3.63, 3.8) is 0 Å². The average Bonchev–Trinajstić information content (AvgIpc) is 3.14. The van der Waals surface area contributed by atoms with Crippen LogP contribution in [0, 0.1) is 0 Å². The van der Waals surface area contributed by atoms with E-state index >= 15 is 0 Å². The van der Waals surface area contributed by atoms with Crippen molar-refractivity contribution in [1.82, 2.24) is 4.98 Å². The van der Waals surface area contributed by atoms with Crippen LogP contribution in [-0.4, -0.2) is 43.3 Å². The van der Waals surface area contributed by atoms with Crippen LogP contribution in [0.1, 0.15) is 27.1 Å². The van der Waals surface area contributed by atoms with Crippen LogP contribution >= 0.6 is 0 Å². The van der Waals surface area contributed by atoms with E-state index in [0.29, 0.717) is 30.3 Å². The number of nitrogens with zero attached hydrogens (tertiary/aromatic N) is 1. The van der Waals surface area contributed by atoms with Gasteiger partial charge in [0, 0.05) is 24.2 Å². The molecule has 1 saturated heterocycles. The molecule has 1 aromatic heterocycles. The zero-order valence-electron chi connectivity index (χ0n) is 13.7. The first kappa shape index (κ1) is 16.9. The molecule has 25 heavy (non-hydrogen) atoms. The molecule has 2 heterocycles. The van der Waals surface area contributed by atoms with E-state index in [-0.39, 0.29) is 17.6 Å². The number of esters is 1. The number of hydrogen-bond donors (Lipinski definition) is 1. The Hall–Kier alpha value is -2.93. The van der Waals surface area contributed by atoms with E-state index in [4.69, 9.17) is 14.2 Å². The Balaban J connectivity index is 1.74. The highest BCUT2D eigenvalue weighted by atomic mass is 16.5. The van der Waals surface area contributed by atoms with Crippen LogP contribution in [0.25, 0.3) is 0 Å². The Morgan fingerprint density at radius 3 is 2.88 bits per heavy atom. The van der Waals surface area contributed by atoms with E-state index in [1.165, 1.54) is 13.3 Å². The number of pyridine rings is 1. The second-order valence-electron chi connectivity index (χ2n) is 5.48. The summed E-state index contributed by atoms with van der Waals surface area (Å²) in [6.45, 7) is 1.18. The number of benzene rings is 1. The molecule has 1 aliphatic rings. The molecule has 0 spiro atoms. The Labute approximate surface area is 144 Å². The van der Waals surface area contributed by atoms with Crippen molar-refractivity contribution in [2.24, 2.45) is 0 Å². The van der Waals surface area contributed by atoms with Gasteiger partial charge in [0.25, 0.3) is 5.91 Å². The number of para-hydroxylation sites is 1. The van der Waals surface area contributed by atoms with Gasteiger partial charge in [-0.15, -0.1) is 0 Å². The van der Waals surface area contributed by atoms with Crippen LogP contribution in [0.3, 0.4) is 0 Å². The van der Waals surface area contributed by atoms with Crippen LogP contribution in [0.2, 0.25) is 0 Å². The summed E-state index contributed by atoms with van der Waals surface area (Å²) in [6, 6.07) is 9.79. The van der Waals surface area contributed by atoms with Gasteiger partial charge in [0.05, 0.1) is 31.6 Å². The maximum absolute atomic E-state index is 12.5. The Morgan fingerprint density at radius 2 is 2.12 bits per heavy atom. The summed E-state index contributed by atoms with van der Waals surface area (Å²) in [4.78, 5) is 28.4. The lowest BCUT2D eigenvalue weighted by atomic mass is 10.1. The quantitative estimate of drug-likeness (QED) is 0.839. The van der Waals surface area contributed by atoms with Gasteiger partial charge >= 0.3 is 5.97 Å². The molecule has 1 amide bonds. The van der Waals surface area contributed by atoms with Crippen molar-refractivity contribution in [3.8, 4) is 5.88 Å². The lowest BCUT2D eigenvalue weighted by Crippen LogP contribution is -2.18. The molecule has 1 N–H and O–H groups in total. The van der Waals surface area contributed by atoms with Gasteiger partial charge in [0.2, 0.25) is 5.88 Å². The first-order valence-electron chi connectivity index (χ1n) is 7.86. The van der Waals surface area contributed by atoms with Gasteiger partial charge in [-0.1, -0.05) is 12.1 Å². The first-order valence-corrected chi connectivity index (χ1v) is 7.86. The first-order chi connectivity index (χ1) is 12.2. The lowest BCUT2D eigenvalue weighted by molar-refractivity contribution is 0.0602. The van der Waals surface area contributed by atoms with Crippen LogP contribution in [0.4, 0.5) is 5.69 Å². The van der Waals surface area contributed by atoms with Gasteiger partial charge in [-0.05, 0) is 18.2 Å². The molecule has 7 nitrogen and oxygen atoms in total. The molecular formula is C18H18N2O5. The summed E-state index contributed by atoms with van der Waals surface area (Å²) in [5.74, 6) is -0.522. The molecule has 1 fully saturated rings. The minimum Gasteiger partial charge on any atom is -0.472 e. The minimum absolute atomic E-state index is 0.0501. The number of methoxy groups -OCH3 is 1. The number of carbonyl (C=O) groups excluding carboxylic acids is 2. The highest BCUT2D eigenvalue weighted by Gasteiger charge is 2.19. The standard InChI is InChI=1S/C18H18N2O5/c1-23-18(22)14-4-2-3-5-15(14)20-17(21)12-6-8-19-16(10-12)25-13-7-9-24-11-13/h2-6,8,10,13H,7,9,11H2,1H3,(H,20,21). The molecule has 0 aliphatic carbocycles. The number of amides is 1. The maximum Gasteiger partial charge on any atom is 0.339 e. The Morgan fingerprint density at radius 1 is 1.28 bits per heavy atom. The third-order valence-electron chi connectivity index (χ3n) is 3.75. The largest absolute Gasteiger partial charge is 0.472 e. The third kappa shape index (κ3) is 4.13. The number of hydrogen-bond acceptors (Lipinski definition) is 6. The highest BCUT2D eigenvalue weighted by Crippen LogP contribution is 2.19. The molecular weight excluding hydrogens is 324 g/mol. The number of rotatable bonds is 5. The van der Waals surface area contributed by atoms with Crippen LogP contribution in [0.15, 0.2) is 42.6 Å². The van der Waals surface area contributed by atoms with Gasteiger partial charge in [-0.3, -0.25) is 4.79 Å². The Bertz CT molecular complexity index is 772. The smallest absolute Gasteiger partial charge is 0.339 e. The molecule has 1 atom stereocenters. The SMILES string of the molecule is COC(=O)c1ccccc1NC(=O)c1ccnc(OC2CCOC2)c1. The molecule has 7 heteroatoms. The fraction of sp³-hybridized carbons (Fsp3) is 0.278. The molecule has 3 rings (SSSR count). The molecule has 0 bridgehead atoms. The van der Waals surface area contributed by atoms with E-state index in [1.54, 1.807) is 36.4 Å². The molecule has 130 valence electrons. The predicted molar refractivity (Wildman–Crippen MR) is 89.8 cm³/mol. The summed E-state index contributed by atoms with van der Waals surface area (Å²) >= 11 is 0. The zero-order valence-corrected chi connectivity index (χ0v) is 13.7. The van der Waals surface area contributed by atoms with Crippen LogP contribution in [-0.2, 0) is 9.47 Å². The zero-order chi connectivity index (χ0) is 17.6. The van der Waals surface area contributed by atoms with Crippen molar-refractivity contribution in [2.45, 2.75) is 12.5 Å². The van der Waals surface area contributed by atoms with Gasteiger partial charge in [-0.25, -0.2) is 9.78 Å². The van der Waals surface area contributed by atoms with E-state index in [9.17, 15) is 9.59 Å².